The quantitative estimate of drug-likeness (QED) is 0.822. The molecule has 5 nitrogen and oxygen atoms in total. The summed E-state index contributed by atoms with van der Waals surface area (Å²) in [4.78, 5) is 14.8. The second-order valence-electron chi connectivity index (χ2n) is 6.99. The summed E-state index contributed by atoms with van der Waals surface area (Å²) in [6.07, 6.45) is 3.56. The lowest BCUT2D eigenvalue weighted by Crippen LogP contribution is -2.47. The minimum absolute atomic E-state index is 0.125. The Hall–Kier alpha value is -1.46. The molecule has 0 aromatic heterocycles. The van der Waals surface area contributed by atoms with Crippen molar-refractivity contribution < 1.29 is 19.0 Å². The van der Waals surface area contributed by atoms with E-state index in [1.165, 1.54) is 0 Å². The predicted molar refractivity (Wildman–Crippen MR) is 89.8 cm³/mol. The molecule has 0 saturated carbocycles. The molecule has 4 rings (SSSR count). The van der Waals surface area contributed by atoms with E-state index in [1.54, 1.807) is 6.07 Å². The van der Waals surface area contributed by atoms with Gasteiger partial charge in [-0.05, 0) is 30.9 Å². The van der Waals surface area contributed by atoms with E-state index in [1.807, 2.05) is 11.0 Å². The molecule has 1 spiro atoms. The normalized spacial score (nSPS) is 26.0. The number of amides is 1. The van der Waals surface area contributed by atoms with Gasteiger partial charge in [-0.1, -0.05) is 11.6 Å². The van der Waals surface area contributed by atoms with E-state index in [2.05, 4.69) is 0 Å². The van der Waals surface area contributed by atoms with Gasteiger partial charge in [-0.2, -0.15) is 0 Å². The summed E-state index contributed by atoms with van der Waals surface area (Å²) in [7, 11) is 0. The molecule has 3 aliphatic rings. The molecule has 1 unspecified atom stereocenters. The van der Waals surface area contributed by atoms with Crippen molar-refractivity contribution in [1.29, 1.82) is 0 Å². The molecule has 0 aliphatic carbocycles. The van der Waals surface area contributed by atoms with Crippen molar-refractivity contribution in [1.82, 2.24) is 4.90 Å². The summed E-state index contributed by atoms with van der Waals surface area (Å²) >= 11 is 6.34. The maximum atomic E-state index is 12.8. The third-order valence-electron chi connectivity index (χ3n) is 5.25. The molecule has 1 amide bonds. The first-order valence-corrected chi connectivity index (χ1v) is 8.97. The number of piperidine rings is 1. The summed E-state index contributed by atoms with van der Waals surface area (Å²) in [5.74, 6) is 1.45. The molecule has 0 N–H and O–H groups in total. The van der Waals surface area contributed by atoms with Gasteiger partial charge in [0.2, 0.25) is 5.91 Å². The van der Waals surface area contributed by atoms with Crippen molar-refractivity contribution in [2.24, 2.45) is 5.41 Å². The van der Waals surface area contributed by atoms with Gasteiger partial charge in [-0.25, -0.2) is 0 Å². The standard InChI is InChI=1S/C18H22ClNO4/c19-14-10-16-15(23-6-7-24-16)8-13(14)9-17(21)20-4-1-2-18(11-20)3-5-22-12-18/h8,10H,1-7,9,11-12H2. The van der Waals surface area contributed by atoms with E-state index in [0.717, 1.165) is 51.1 Å². The summed E-state index contributed by atoms with van der Waals surface area (Å²) in [5.41, 5.74) is 0.970. The number of hydrogen-bond acceptors (Lipinski definition) is 4. The molecule has 3 heterocycles. The van der Waals surface area contributed by atoms with Crippen LogP contribution in [-0.2, 0) is 16.0 Å². The van der Waals surface area contributed by atoms with E-state index in [4.69, 9.17) is 25.8 Å². The molecule has 1 aromatic carbocycles. The number of ether oxygens (including phenoxy) is 3. The van der Waals surface area contributed by atoms with Crippen molar-refractivity contribution in [3.63, 3.8) is 0 Å². The molecule has 2 saturated heterocycles. The Bertz CT molecular complexity index is 642. The van der Waals surface area contributed by atoms with E-state index < -0.39 is 0 Å². The van der Waals surface area contributed by atoms with Crippen molar-refractivity contribution in [3.8, 4) is 11.5 Å². The number of nitrogens with zero attached hydrogens (tertiary/aromatic N) is 1. The highest BCUT2D eigenvalue weighted by Gasteiger charge is 2.40. The van der Waals surface area contributed by atoms with Crippen LogP contribution in [0, 0.1) is 5.41 Å². The average Bonchev–Trinajstić information content (AvgIpc) is 3.03. The van der Waals surface area contributed by atoms with Gasteiger partial charge < -0.3 is 19.1 Å². The first-order chi connectivity index (χ1) is 11.7. The SMILES string of the molecule is O=C(Cc1cc2c(cc1Cl)OCCO2)N1CCCC2(CCOC2)C1. The van der Waals surface area contributed by atoms with Gasteiger partial charge in [0.1, 0.15) is 13.2 Å². The number of halogens is 1. The smallest absolute Gasteiger partial charge is 0.227 e. The lowest BCUT2D eigenvalue weighted by atomic mass is 9.79. The molecule has 0 radical (unpaired) electrons. The summed E-state index contributed by atoms with van der Waals surface area (Å²) in [6.45, 7) is 4.27. The minimum atomic E-state index is 0.125. The lowest BCUT2D eigenvalue weighted by Gasteiger charge is -2.39. The third-order valence-corrected chi connectivity index (χ3v) is 5.60. The fourth-order valence-corrected chi connectivity index (χ4v) is 4.13. The molecule has 24 heavy (non-hydrogen) atoms. The second kappa shape index (κ2) is 6.45. The van der Waals surface area contributed by atoms with E-state index in [9.17, 15) is 4.79 Å². The molecule has 130 valence electrons. The Morgan fingerprint density at radius 1 is 1.17 bits per heavy atom. The lowest BCUT2D eigenvalue weighted by molar-refractivity contribution is -0.134. The van der Waals surface area contributed by atoms with Crippen molar-refractivity contribution in [2.75, 3.05) is 39.5 Å². The van der Waals surface area contributed by atoms with Gasteiger partial charge in [0.15, 0.2) is 11.5 Å². The van der Waals surface area contributed by atoms with Crippen LogP contribution in [0.15, 0.2) is 12.1 Å². The van der Waals surface area contributed by atoms with Crippen molar-refractivity contribution in [3.05, 3.63) is 22.7 Å². The largest absolute Gasteiger partial charge is 0.486 e. The first kappa shape index (κ1) is 16.0. The van der Waals surface area contributed by atoms with Crippen molar-refractivity contribution in [2.45, 2.75) is 25.7 Å². The molecule has 0 bridgehead atoms. The number of rotatable bonds is 2. The zero-order chi connectivity index (χ0) is 16.6. The molecular formula is C18H22ClNO4. The number of likely N-dealkylation sites (tertiary alicyclic amines) is 1. The van der Waals surface area contributed by atoms with Crippen LogP contribution in [-0.4, -0.2) is 50.3 Å². The van der Waals surface area contributed by atoms with Gasteiger partial charge in [-0.3, -0.25) is 4.79 Å². The van der Waals surface area contributed by atoms with Gasteiger partial charge in [0.05, 0.1) is 13.0 Å². The Balaban J connectivity index is 1.47. The monoisotopic (exact) mass is 351 g/mol. The van der Waals surface area contributed by atoms with Crippen molar-refractivity contribution >= 4 is 17.5 Å². The number of carbonyl (C=O) groups is 1. The topological polar surface area (TPSA) is 48.0 Å². The molecule has 3 aliphatic heterocycles. The van der Waals surface area contributed by atoms with Crippen LogP contribution in [0.5, 0.6) is 11.5 Å². The van der Waals surface area contributed by atoms with Gasteiger partial charge >= 0.3 is 0 Å². The van der Waals surface area contributed by atoms with E-state index in [-0.39, 0.29) is 11.3 Å². The number of benzene rings is 1. The minimum Gasteiger partial charge on any atom is -0.486 e. The predicted octanol–water partition coefficient (Wildman–Crippen LogP) is 2.68. The number of hydrogen-bond donors (Lipinski definition) is 0. The average molecular weight is 352 g/mol. The van der Waals surface area contributed by atoms with Crippen LogP contribution in [0.3, 0.4) is 0 Å². The molecule has 1 atom stereocenters. The molecule has 1 aromatic rings. The van der Waals surface area contributed by atoms with Crippen LogP contribution >= 0.6 is 11.6 Å². The fraction of sp³-hybridized carbons (Fsp3) is 0.611. The molecular weight excluding hydrogens is 330 g/mol. The van der Waals surface area contributed by atoms with Crippen LogP contribution in [0.1, 0.15) is 24.8 Å². The van der Waals surface area contributed by atoms with Crippen LogP contribution in [0.4, 0.5) is 0 Å². The maximum absolute atomic E-state index is 12.8. The third kappa shape index (κ3) is 3.07. The van der Waals surface area contributed by atoms with Gasteiger partial charge in [-0.15, -0.1) is 0 Å². The van der Waals surface area contributed by atoms with Gasteiger partial charge in [0, 0.05) is 36.2 Å². The Morgan fingerprint density at radius 3 is 2.71 bits per heavy atom. The Morgan fingerprint density at radius 2 is 1.96 bits per heavy atom. The first-order valence-electron chi connectivity index (χ1n) is 8.59. The summed E-state index contributed by atoms with van der Waals surface area (Å²) in [5, 5.41) is 0.559. The summed E-state index contributed by atoms with van der Waals surface area (Å²) < 4.78 is 16.7. The highest BCUT2D eigenvalue weighted by atomic mass is 35.5. The fourth-order valence-electron chi connectivity index (χ4n) is 3.91. The van der Waals surface area contributed by atoms with E-state index in [0.29, 0.717) is 36.2 Å². The highest BCUT2D eigenvalue weighted by molar-refractivity contribution is 6.31. The maximum Gasteiger partial charge on any atom is 0.227 e. The number of carbonyl (C=O) groups excluding carboxylic acids is 1. The van der Waals surface area contributed by atoms with Crippen LogP contribution < -0.4 is 9.47 Å². The summed E-state index contributed by atoms with van der Waals surface area (Å²) in [6, 6.07) is 3.59. The number of fused-ring (bicyclic) bond motifs is 1. The van der Waals surface area contributed by atoms with Crippen LogP contribution in [0.25, 0.3) is 0 Å². The highest BCUT2D eigenvalue weighted by Crippen LogP contribution is 2.39. The Labute approximate surface area is 146 Å². The molecule has 2 fully saturated rings. The zero-order valence-electron chi connectivity index (χ0n) is 13.7. The Kier molecular flexibility index (Phi) is 4.31. The van der Waals surface area contributed by atoms with Crippen LogP contribution in [0.2, 0.25) is 5.02 Å². The zero-order valence-corrected chi connectivity index (χ0v) is 14.4. The second-order valence-corrected chi connectivity index (χ2v) is 7.39. The molecule has 6 heteroatoms. The van der Waals surface area contributed by atoms with E-state index >= 15 is 0 Å². The van der Waals surface area contributed by atoms with Gasteiger partial charge in [0.25, 0.3) is 0 Å².